The molecule has 0 radical (unpaired) electrons. The molecule has 0 saturated heterocycles. The van der Waals surface area contributed by atoms with Gasteiger partial charge in [0.1, 0.15) is 5.75 Å². The molecule has 0 aliphatic heterocycles. The minimum atomic E-state index is 0.0767. The first-order valence-electron chi connectivity index (χ1n) is 7.44. The molecule has 1 aromatic heterocycles. The summed E-state index contributed by atoms with van der Waals surface area (Å²) in [5.41, 5.74) is 2.25. The van der Waals surface area contributed by atoms with Crippen LogP contribution in [-0.2, 0) is 13.0 Å². The molecule has 0 unspecified atom stereocenters. The van der Waals surface area contributed by atoms with Crippen molar-refractivity contribution in [1.29, 1.82) is 0 Å². The molecule has 0 saturated carbocycles. The number of rotatable bonds is 5. The summed E-state index contributed by atoms with van der Waals surface area (Å²) in [5, 5.41) is 3.43. The predicted molar refractivity (Wildman–Crippen MR) is 86.7 cm³/mol. The van der Waals surface area contributed by atoms with Crippen LogP contribution in [0.15, 0.2) is 42.5 Å². The summed E-state index contributed by atoms with van der Waals surface area (Å²) in [6.45, 7) is 9.29. The molecule has 0 fully saturated rings. The number of hydrogen-bond donors (Lipinski definition) is 1. The third kappa shape index (κ3) is 4.87. The van der Waals surface area contributed by atoms with Gasteiger partial charge in [-0.05, 0) is 44.9 Å². The third-order valence-electron chi connectivity index (χ3n) is 3.15. The number of aryl methyl sites for hydroxylation is 1. The standard InChI is InChI=1S/C18H24N2O/c1-5-14-9-6-7-11-16(14)21-17-12-8-10-15(20-17)13-19-18(2,3)4/h6-12,19H,5,13H2,1-4H3. The first-order valence-corrected chi connectivity index (χ1v) is 7.44. The molecule has 3 nitrogen and oxygen atoms in total. The van der Waals surface area contributed by atoms with Crippen LogP contribution >= 0.6 is 0 Å². The summed E-state index contributed by atoms with van der Waals surface area (Å²) in [6.07, 6.45) is 0.946. The largest absolute Gasteiger partial charge is 0.439 e. The van der Waals surface area contributed by atoms with E-state index < -0.39 is 0 Å². The zero-order valence-electron chi connectivity index (χ0n) is 13.3. The van der Waals surface area contributed by atoms with E-state index in [1.54, 1.807) is 0 Å². The Morgan fingerprint density at radius 3 is 2.52 bits per heavy atom. The minimum Gasteiger partial charge on any atom is -0.439 e. The van der Waals surface area contributed by atoms with Crippen LogP contribution in [0, 0.1) is 0 Å². The molecule has 0 atom stereocenters. The van der Waals surface area contributed by atoms with E-state index in [1.165, 1.54) is 5.56 Å². The van der Waals surface area contributed by atoms with Crippen LogP contribution < -0.4 is 10.1 Å². The van der Waals surface area contributed by atoms with Crippen molar-refractivity contribution in [2.45, 2.75) is 46.2 Å². The Morgan fingerprint density at radius 1 is 1.05 bits per heavy atom. The van der Waals surface area contributed by atoms with Crippen molar-refractivity contribution in [3.05, 3.63) is 53.7 Å². The average molecular weight is 284 g/mol. The van der Waals surface area contributed by atoms with Gasteiger partial charge >= 0.3 is 0 Å². The van der Waals surface area contributed by atoms with Gasteiger partial charge in [0.2, 0.25) is 5.88 Å². The van der Waals surface area contributed by atoms with Crippen molar-refractivity contribution >= 4 is 0 Å². The zero-order valence-corrected chi connectivity index (χ0v) is 13.3. The minimum absolute atomic E-state index is 0.0767. The van der Waals surface area contributed by atoms with Crippen LogP contribution in [0.2, 0.25) is 0 Å². The molecule has 0 aliphatic rings. The molecule has 2 aromatic rings. The summed E-state index contributed by atoms with van der Waals surface area (Å²) in [5.74, 6) is 1.53. The van der Waals surface area contributed by atoms with Gasteiger partial charge in [-0.15, -0.1) is 0 Å². The summed E-state index contributed by atoms with van der Waals surface area (Å²) >= 11 is 0. The number of aromatic nitrogens is 1. The lowest BCUT2D eigenvalue weighted by molar-refractivity contribution is 0.415. The molecule has 1 heterocycles. The highest BCUT2D eigenvalue weighted by molar-refractivity contribution is 5.36. The third-order valence-corrected chi connectivity index (χ3v) is 3.15. The van der Waals surface area contributed by atoms with Crippen molar-refractivity contribution < 1.29 is 4.74 Å². The monoisotopic (exact) mass is 284 g/mol. The number of benzene rings is 1. The molecule has 3 heteroatoms. The topological polar surface area (TPSA) is 34.1 Å². The van der Waals surface area contributed by atoms with Crippen LogP contribution in [-0.4, -0.2) is 10.5 Å². The molecule has 1 N–H and O–H groups in total. The molecular formula is C18H24N2O. The number of ether oxygens (including phenoxy) is 1. The van der Waals surface area contributed by atoms with Crippen LogP contribution in [0.3, 0.4) is 0 Å². The first-order chi connectivity index (χ1) is 9.98. The summed E-state index contributed by atoms with van der Waals surface area (Å²) in [6, 6.07) is 14.0. The summed E-state index contributed by atoms with van der Waals surface area (Å²) in [4.78, 5) is 4.56. The van der Waals surface area contributed by atoms with E-state index in [-0.39, 0.29) is 5.54 Å². The highest BCUT2D eigenvalue weighted by atomic mass is 16.5. The molecule has 21 heavy (non-hydrogen) atoms. The lowest BCUT2D eigenvalue weighted by atomic mass is 10.1. The fourth-order valence-corrected chi connectivity index (χ4v) is 1.98. The van der Waals surface area contributed by atoms with Gasteiger partial charge in [-0.2, -0.15) is 0 Å². The zero-order chi connectivity index (χ0) is 15.3. The van der Waals surface area contributed by atoms with Gasteiger partial charge in [0, 0.05) is 18.2 Å². The first kappa shape index (κ1) is 15.5. The molecule has 112 valence electrons. The molecule has 2 rings (SSSR count). The quantitative estimate of drug-likeness (QED) is 0.887. The second-order valence-corrected chi connectivity index (χ2v) is 6.13. The number of para-hydroxylation sites is 1. The van der Waals surface area contributed by atoms with Crippen LogP contribution in [0.1, 0.15) is 39.0 Å². The molecular weight excluding hydrogens is 260 g/mol. The summed E-state index contributed by atoms with van der Waals surface area (Å²) in [7, 11) is 0. The number of hydrogen-bond acceptors (Lipinski definition) is 3. The van der Waals surface area contributed by atoms with Crippen molar-refractivity contribution in [3.8, 4) is 11.6 Å². The van der Waals surface area contributed by atoms with Crippen molar-refractivity contribution in [3.63, 3.8) is 0 Å². The van der Waals surface area contributed by atoms with Gasteiger partial charge < -0.3 is 10.1 Å². The van der Waals surface area contributed by atoms with E-state index in [0.29, 0.717) is 5.88 Å². The Morgan fingerprint density at radius 2 is 1.81 bits per heavy atom. The van der Waals surface area contributed by atoms with E-state index in [1.807, 2.05) is 36.4 Å². The van der Waals surface area contributed by atoms with Crippen LogP contribution in [0.4, 0.5) is 0 Å². The van der Waals surface area contributed by atoms with E-state index in [0.717, 1.165) is 24.4 Å². The maximum absolute atomic E-state index is 5.93. The van der Waals surface area contributed by atoms with E-state index in [9.17, 15) is 0 Å². The van der Waals surface area contributed by atoms with Gasteiger partial charge in [-0.3, -0.25) is 0 Å². The smallest absolute Gasteiger partial charge is 0.219 e. The Kier molecular flexibility index (Phi) is 4.97. The highest BCUT2D eigenvalue weighted by Crippen LogP contribution is 2.24. The average Bonchev–Trinajstić information content (AvgIpc) is 2.45. The van der Waals surface area contributed by atoms with Gasteiger partial charge in [-0.1, -0.05) is 31.2 Å². The molecule has 0 spiro atoms. The van der Waals surface area contributed by atoms with Crippen molar-refractivity contribution in [2.75, 3.05) is 0 Å². The lowest BCUT2D eigenvalue weighted by Crippen LogP contribution is -2.35. The van der Waals surface area contributed by atoms with Crippen molar-refractivity contribution in [2.24, 2.45) is 0 Å². The maximum Gasteiger partial charge on any atom is 0.219 e. The van der Waals surface area contributed by atoms with E-state index in [4.69, 9.17) is 4.74 Å². The van der Waals surface area contributed by atoms with Gasteiger partial charge in [-0.25, -0.2) is 4.98 Å². The maximum atomic E-state index is 5.93. The van der Waals surface area contributed by atoms with Gasteiger partial charge in [0.05, 0.1) is 5.69 Å². The number of nitrogens with one attached hydrogen (secondary N) is 1. The molecule has 1 aromatic carbocycles. The fourth-order valence-electron chi connectivity index (χ4n) is 1.98. The van der Waals surface area contributed by atoms with E-state index in [2.05, 4.69) is 44.1 Å². The van der Waals surface area contributed by atoms with Gasteiger partial charge in [0.25, 0.3) is 0 Å². The SMILES string of the molecule is CCc1ccccc1Oc1cccc(CNC(C)(C)C)n1. The second-order valence-electron chi connectivity index (χ2n) is 6.13. The molecule has 0 amide bonds. The lowest BCUT2D eigenvalue weighted by Gasteiger charge is -2.20. The number of nitrogens with zero attached hydrogens (tertiary/aromatic N) is 1. The normalized spacial score (nSPS) is 11.4. The predicted octanol–water partition coefficient (Wildman–Crippen LogP) is 4.32. The Bertz CT molecular complexity index is 588. The van der Waals surface area contributed by atoms with Crippen molar-refractivity contribution in [1.82, 2.24) is 10.3 Å². The van der Waals surface area contributed by atoms with Crippen LogP contribution in [0.25, 0.3) is 0 Å². The van der Waals surface area contributed by atoms with Crippen LogP contribution in [0.5, 0.6) is 11.6 Å². The van der Waals surface area contributed by atoms with Gasteiger partial charge in [0.15, 0.2) is 0 Å². The fraction of sp³-hybridized carbons (Fsp3) is 0.389. The Hall–Kier alpha value is -1.87. The second kappa shape index (κ2) is 6.72. The Labute approximate surface area is 127 Å². The molecule has 0 aliphatic carbocycles. The highest BCUT2D eigenvalue weighted by Gasteiger charge is 2.09. The molecule has 0 bridgehead atoms. The number of pyridine rings is 1. The van der Waals surface area contributed by atoms with E-state index >= 15 is 0 Å². The summed E-state index contributed by atoms with van der Waals surface area (Å²) < 4.78 is 5.93. The Balaban J connectivity index is 2.10.